The van der Waals surface area contributed by atoms with Crippen LogP contribution in [-0.4, -0.2) is 119 Å². The SMILES string of the molecule is CCCCCCCCCC[C@@H]1O[C@H]([C@H](CC[C@H](OCOC)[C@@H]2CC[C@@H](CCCCS(=O)(=O)c3nnnn3-c3ccccc3)O2)OCOC)CC[C@H]1OCOC. The molecule has 2 aliphatic rings. The first-order valence-electron chi connectivity index (χ1n) is 20.6. The van der Waals surface area contributed by atoms with Gasteiger partial charge < -0.3 is 37.9 Å². The van der Waals surface area contributed by atoms with Crippen molar-refractivity contribution in [1.29, 1.82) is 0 Å². The van der Waals surface area contributed by atoms with E-state index >= 15 is 0 Å². The second-order valence-electron chi connectivity index (χ2n) is 14.9. The summed E-state index contributed by atoms with van der Waals surface area (Å²) in [5, 5.41) is 11.2. The fourth-order valence-corrected chi connectivity index (χ4v) is 9.05. The third-order valence-corrected chi connectivity index (χ3v) is 12.3. The molecule has 7 atom stereocenters. The largest absolute Gasteiger partial charge is 0.372 e. The van der Waals surface area contributed by atoms with E-state index in [-0.39, 0.29) is 74.0 Å². The third-order valence-electron chi connectivity index (χ3n) is 10.7. The number of unbranched alkanes of at least 4 members (excludes halogenated alkanes) is 8. The first-order valence-corrected chi connectivity index (χ1v) is 22.2. The Morgan fingerprint density at radius 2 is 1.36 bits per heavy atom. The van der Waals surface area contributed by atoms with Gasteiger partial charge in [-0.3, -0.25) is 0 Å². The van der Waals surface area contributed by atoms with Crippen LogP contribution in [0.5, 0.6) is 0 Å². The highest BCUT2D eigenvalue weighted by Crippen LogP contribution is 2.33. The molecule has 3 heterocycles. The van der Waals surface area contributed by atoms with E-state index in [9.17, 15) is 8.42 Å². The third kappa shape index (κ3) is 15.7. The number of tetrazole rings is 1. The van der Waals surface area contributed by atoms with E-state index in [0.29, 0.717) is 31.4 Å². The van der Waals surface area contributed by atoms with Crippen LogP contribution in [0.1, 0.15) is 122 Å². The van der Waals surface area contributed by atoms with Crippen molar-refractivity contribution in [3.05, 3.63) is 30.3 Å². The average molecular weight is 797 g/mol. The highest BCUT2D eigenvalue weighted by molar-refractivity contribution is 7.91. The van der Waals surface area contributed by atoms with Crippen LogP contribution in [0.4, 0.5) is 0 Å². The summed E-state index contributed by atoms with van der Waals surface area (Å²) < 4.78 is 75.4. The lowest BCUT2D eigenvalue weighted by molar-refractivity contribution is -0.211. The molecule has 55 heavy (non-hydrogen) atoms. The van der Waals surface area contributed by atoms with Crippen molar-refractivity contribution in [3.63, 3.8) is 0 Å². The predicted molar refractivity (Wildman–Crippen MR) is 208 cm³/mol. The molecule has 0 spiro atoms. The molecule has 314 valence electrons. The molecule has 0 N–H and O–H groups in total. The molecule has 2 aromatic rings. The van der Waals surface area contributed by atoms with Crippen LogP contribution in [0.3, 0.4) is 0 Å². The van der Waals surface area contributed by atoms with Gasteiger partial charge >= 0.3 is 0 Å². The maximum atomic E-state index is 13.2. The highest BCUT2D eigenvalue weighted by atomic mass is 32.2. The first-order chi connectivity index (χ1) is 26.9. The molecular weight excluding hydrogens is 729 g/mol. The summed E-state index contributed by atoms with van der Waals surface area (Å²) in [4.78, 5) is 0. The molecule has 2 fully saturated rings. The number of ether oxygens (including phenoxy) is 8. The van der Waals surface area contributed by atoms with E-state index in [1.807, 2.05) is 18.2 Å². The zero-order chi connectivity index (χ0) is 39.1. The lowest BCUT2D eigenvalue weighted by atomic mass is 9.92. The number of hydrogen-bond donors (Lipinski definition) is 0. The van der Waals surface area contributed by atoms with E-state index in [1.54, 1.807) is 33.5 Å². The zero-order valence-corrected chi connectivity index (χ0v) is 34.6. The lowest BCUT2D eigenvalue weighted by Crippen LogP contribution is -2.46. The van der Waals surface area contributed by atoms with Crippen molar-refractivity contribution >= 4 is 9.84 Å². The van der Waals surface area contributed by atoms with Crippen LogP contribution >= 0.6 is 0 Å². The summed E-state index contributed by atoms with van der Waals surface area (Å²) in [7, 11) is 1.24. The highest BCUT2D eigenvalue weighted by Gasteiger charge is 2.38. The Hall–Kier alpha value is -2.08. The monoisotopic (exact) mass is 796 g/mol. The Bertz CT molecular complexity index is 1390. The van der Waals surface area contributed by atoms with Crippen LogP contribution in [-0.2, 0) is 47.7 Å². The second kappa shape index (κ2) is 26.0. The van der Waals surface area contributed by atoms with Gasteiger partial charge in [0.1, 0.15) is 20.4 Å². The summed E-state index contributed by atoms with van der Waals surface area (Å²) in [6, 6.07) is 9.03. The Balaban J connectivity index is 1.26. The van der Waals surface area contributed by atoms with Crippen molar-refractivity contribution in [2.45, 2.75) is 170 Å². The van der Waals surface area contributed by atoms with Gasteiger partial charge in [0.25, 0.3) is 5.16 Å². The Kier molecular flexibility index (Phi) is 21.6. The number of hydrogen-bond acceptors (Lipinski definition) is 13. The number of sulfone groups is 1. The Morgan fingerprint density at radius 1 is 0.745 bits per heavy atom. The number of methoxy groups -OCH3 is 3. The maximum Gasteiger partial charge on any atom is 0.272 e. The van der Waals surface area contributed by atoms with Gasteiger partial charge in [-0.2, -0.15) is 4.68 Å². The molecule has 0 bridgehead atoms. The summed E-state index contributed by atoms with van der Waals surface area (Å²) in [6.07, 6.45) is 17.3. The molecule has 0 amide bonds. The van der Waals surface area contributed by atoms with Crippen molar-refractivity contribution in [3.8, 4) is 5.69 Å². The van der Waals surface area contributed by atoms with Gasteiger partial charge in [0, 0.05) is 21.3 Å². The van der Waals surface area contributed by atoms with Crippen molar-refractivity contribution in [1.82, 2.24) is 20.2 Å². The smallest absolute Gasteiger partial charge is 0.272 e. The molecule has 0 saturated carbocycles. The minimum atomic E-state index is -3.67. The summed E-state index contributed by atoms with van der Waals surface area (Å²) in [5.41, 5.74) is 0.601. The van der Waals surface area contributed by atoms with Gasteiger partial charge in [-0.15, -0.1) is 0 Å². The van der Waals surface area contributed by atoms with Gasteiger partial charge in [-0.1, -0.05) is 81.6 Å². The van der Waals surface area contributed by atoms with E-state index < -0.39 is 9.84 Å². The van der Waals surface area contributed by atoms with Gasteiger partial charge in [0.05, 0.1) is 54.2 Å². The van der Waals surface area contributed by atoms with E-state index in [4.69, 9.17) is 37.9 Å². The van der Waals surface area contributed by atoms with Crippen LogP contribution in [0.2, 0.25) is 0 Å². The topological polar surface area (TPSA) is 152 Å². The Morgan fingerprint density at radius 3 is 2.04 bits per heavy atom. The molecule has 0 unspecified atom stereocenters. The van der Waals surface area contributed by atoms with E-state index in [1.165, 1.54) is 49.6 Å². The van der Waals surface area contributed by atoms with Crippen LogP contribution in [0.25, 0.3) is 5.69 Å². The zero-order valence-electron chi connectivity index (χ0n) is 33.8. The molecule has 14 nitrogen and oxygen atoms in total. The molecule has 4 rings (SSSR count). The number of nitrogens with zero attached hydrogens (tertiary/aromatic N) is 4. The molecule has 0 aliphatic carbocycles. The molecular formula is C40H68N4O10S. The van der Waals surface area contributed by atoms with Gasteiger partial charge in [-0.05, 0) is 86.8 Å². The number of para-hydroxylation sites is 1. The number of aromatic nitrogens is 4. The quantitative estimate of drug-likeness (QED) is 0.0591. The fraction of sp³-hybridized carbons (Fsp3) is 0.825. The van der Waals surface area contributed by atoms with Crippen LogP contribution < -0.4 is 0 Å². The molecule has 0 radical (unpaired) electrons. The minimum Gasteiger partial charge on any atom is -0.372 e. The van der Waals surface area contributed by atoms with Gasteiger partial charge in [-0.25, -0.2) is 8.42 Å². The van der Waals surface area contributed by atoms with E-state index in [0.717, 1.165) is 44.9 Å². The number of benzene rings is 1. The number of rotatable bonds is 30. The first kappa shape index (κ1) is 45.6. The molecule has 15 heteroatoms. The lowest BCUT2D eigenvalue weighted by Gasteiger charge is -2.40. The molecule has 2 saturated heterocycles. The maximum absolute atomic E-state index is 13.2. The average Bonchev–Trinajstić information content (AvgIpc) is 3.90. The van der Waals surface area contributed by atoms with Crippen molar-refractivity contribution < 1.29 is 46.3 Å². The summed E-state index contributed by atoms with van der Waals surface area (Å²) in [5.74, 6) is -0.0404. The second-order valence-corrected chi connectivity index (χ2v) is 16.9. The van der Waals surface area contributed by atoms with Crippen molar-refractivity contribution in [2.24, 2.45) is 0 Å². The van der Waals surface area contributed by atoms with E-state index in [2.05, 4.69) is 22.4 Å². The molecule has 2 aliphatic heterocycles. The van der Waals surface area contributed by atoms with Crippen LogP contribution in [0, 0.1) is 0 Å². The summed E-state index contributed by atoms with van der Waals surface area (Å²) >= 11 is 0. The fourth-order valence-electron chi connectivity index (χ4n) is 7.72. The molecule has 1 aromatic heterocycles. The van der Waals surface area contributed by atoms with Gasteiger partial charge in [0.15, 0.2) is 0 Å². The molecule has 1 aromatic carbocycles. The van der Waals surface area contributed by atoms with Gasteiger partial charge in [0.2, 0.25) is 9.84 Å². The summed E-state index contributed by atoms with van der Waals surface area (Å²) in [6.45, 7) is 2.86. The Labute approximate surface area is 329 Å². The van der Waals surface area contributed by atoms with Crippen molar-refractivity contribution in [2.75, 3.05) is 47.5 Å². The normalized spacial score (nSPS) is 22.9. The van der Waals surface area contributed by atoms with Crippen LogP contribution in [0.15, 0.2) is 35.5 Å². The predicted octanol–water partition coefficient (Wildman–Crippen LogP) is 6.98. The minimum absolute atomic E-state index is 0.00276. The standard InChI is InChI=1S/C40H68N4O10S/c1-5-6-7-8-9-10-11-15-21-37-34(50-29-47-2)26-27-39(54-37)36(52-31-49-4)25-24-35(51-30-48-3)38-23-22-33(53-38)20-16-17-28-55(45,46)40-41-42-43-44(40)32-18-13-12-14-19-32/h12-14,18-19,33-39H,5-11,15-17,20-31H2,1-4H3/t33-,34-,35+,36+,37+,38+,39+/m1/s1.